The first-order valence-corrected chi connectivity index (χ1v) is 7.41. The minimum Gasteiger partial charge on any atom is -0.392 e. The Balaban J connectivity index is 1.56. The quantitative estimate of drug-likeness (QED) is 0.771. The molecule has 2 fully saturated rings. The zero-order valence-corrected chi connectivity index (χ0v) is 11.6. The number of rotatable bonds is 4. The van der Waals surface area contributed by atoms with E-state index in [-0.39, 0.29) is 24.5 Å². The van der Waals surface area contributed by atoms with Crippen LogP contribution < -0.4 is 11.1 Å². The number of benzene rings is 1. The number of nitrogens with one attached hydrogen (secondary N) is 1. The van der Waals surface area contributed by atoms with Crippen LogP contribution in [0.25, 0.3) is 0 Å². The lowest BCUT2D eigenvalue weighted by Gasteiger charge is -2.27. The second kappa shape index (κ2) is 5.54. The topological polar surface area (TPSA) is 75.4 Å². The maximum atomic E-state index is 12.3. The second-order valence-corrected chi connectivity index (χ2v) is 6.13. The summed E-state index contributed by atoms with van der Waals surface area (Å²) in [6.45, 7) is 0.581. The average Bonchev–Trinajstić information content (AvgIpc) is 3.06. The molecule has 4 atom stereocenters. The van der Waals surface area contributed by atoms with Gasteiger partial charge in [-0.3, -0.25) is 4.79 Å². The first-order chi connectivity index (χ1) is 9.69. The number of carbonyl (C=O) groups excluding carboxylic acids is 1. The molecule has 4 N–H and O–H groups in total. The van der Waals surface area contributed by atoms with Crippen LogP contribution in [0.4, 0.5) is 0 Å². The van der Waals surface area contributed by atoms with Gasteiger partial charge in [-0.15, -0.1) is 0 Å². The van der Waals surface area contributed by atoms with E-state index in [1.807, 2.05) is 24.3 Å². The molecule has 1 aromatic rings. The summed E-state index contributed by atoms with van der Waals surface area (Å²) in [5, 5.41) is 12.0. The van der Waals surface area contributed by atoms with Gasteiger partial charge in [0.25, 0.3) is 0 Å². The van der Waals surface area contributed by atoms with Gasteiger partial charge < -0.3 is 16.2 Å². The number of fused-ring (bicyclic) bond motifs is 2. The second-order valence-electron chi connectivity index (χ2n) is 6.13. The molecule has 0 radical (unpaired) electrons. The molecule has 4 unspecified atom stereocenters. The summed E-state index contributed by atoms with van der Waals surface area (Å²) < 4.78 is 0. The van der Waals surface area contributed by atoms with Crippen LogP contribution >= 0.6 is 0 Å². The van der Waals surface area contributed by atoms with E-state index >= 15 is 0 Å². The lowest BCUT2D eigenvalue weighted by molar-refractivity contribution is -0.127. The predicted molar refractivity (Wildman–Crippen MR) is 76.5 cm³/mol. The van der Waals surface area contributed by atoms with Crippen molar-refractivity contribution in [3.05, 3.63) is 35.4 Å². The average molecular weight is 274 g/mol. The molecule has 0 saturated heterocycles. The van der Waals surface area contributed by atoms with Crippen molar-refractivity contribution in [2.45, 2.75) is 38.5 Å². The minimum atomic E-state index is 0.00506. The molecular formula is C16H22N2O2. The zero-order chi connectivity index (χ0) is 14.1. The van der Waals surface area contributed by atoms with Crippen LogP contribution in [0, 0.1) is 17.8 Å². The Kier molecular flexibility index (Phi) is 3.76. The summed E-state index contributed by atoms with van der Waals surface area (Å²) in [5.74, 6) is 1.16. The van der Waals surface area contributed by atoms with E-state index in [2.05, 4.69) is 5.32 Å². The smallest absolute Gasteiger partial charge is 0.225 e. The molecule has 0 spiro atoms. The van der Waals surface area contributed by atoms with Crippen LogP contribution in [0.15, 0.2) is 24.3 Å². The van der Waals surface area contributed by atoms with E-state index in [4.69, 9.17) is 10.8 Å². The number of carbonyl (C=O) groups is 1. The van der Waals surface area contributed by atoms with Gasteiger partial charge in [-0.1, -0.05) is 24.3 Å². The van der Waals surface area contributed by atoms with Gasteiger partial charge in [0.15, 0.2) is 0 Å². The van der Waals surface area contributed by atoms with Gasteiger partial charge in [0.05, 0.1) is 12.5 Å². The van der Waals surface area contributed by atoms with E-state index in [0.29, 0.717) is 18.4 Å². The standard InChI is InChI=1S/C16H22N2O2/c17-15-13-6-5-12(7-13)14(15)16(20)18-8-10-1-3-11(9-19)4-2-10/h1-4,12-15,19H,5-9,17H2,(H,18,20). The van der Waals surface area contributed by atoms with E-state index < -0.39 is 0 Å². The van der Waals surface area contributed by atoms with Crippen LogP contribution in [0.3, 0.4) is 0 Å². The molecule has 0 aliphatic heterocycles. The fourth-order valence-corrected chi connectivity index (χ4v) is 3.79. The molecule has 2 aliphatic carbocycles. The van der Waals surface area contributed by atoms with Crippen LogP contribution in [-0.2, 0) is 17.9 Å². The van der Waals surface area contributed by atoms with E-state index in [9.17, 15) is 4.79 Å². The maximum absolute atomic E-state index is 12.3. The van der Waals surface area contributed by atoms with Crippen molar-refractivity contribution in [2.75, 3.05) is 0 Å². The fourth-order valence-electron chi connectivity index (χ4n) is 3.79. The summed E-state index contributed by atoms with van der Waals surface area (Å²) in [5.41, 5.74) is 8.12. The number of hydrogen-bond donors (Lipinski definition) is 3. The molecule has 0 heterocycles. The third kappa shape index (κ3) is 2.45. The normalized spacial score (nSPS) is 31.5. The van der Waals surface area contributed by atoms with Crippen molar-refractivity contribution in [1.29, 1.82) is 0 Å². The largest absolute Gasteiger partial charge is 0.392 e. The Bertz CT molecular complexity index is 484. The van der Waals surface area contributed by atoms with Gasteiger partial charge in [-0.05, 0) is 42.2 Å². The summed E-state index contributed by atoms with van der Waals surface area (Å²) >= 11 is 0. The van der Waals surface area contributed by atoms with Crippen molar-refractivity contribution in [1.82, 2.24) is 5.32 Å². The first-order valence-electron chi connectivity index (χ1n) is 7.41. The third-order valence-corrected chi connectivity index (χ3v) is 4.96. The molecule has 2 aliphatic rings. The number of aliphatic hydroxyl groups is 1. The lowest BCUT2D eigenvalue weighted by Crippen LogP contribution is -2.45. The molecule has 4 heteroatoms. The molecule has 108 valence electrons. The number of aliphatic hydroxyl groups excluding tert-OH is 1. The van der Waals surface area contributed by atoms with Crippen molar-refractivity contribution >= 4 is 5.91 Å². The Morgan fingerprint density at radius 2 is 1.85 bits per heavy atom. The zero-order valence-electron chi connectivity index (χ0n) is 11.6. The third-order valence-electron chi connectivity index (χ3n) is 4.96. The van der Waals surface area contributed by atoms with E-state index in [0.717, 1.165) is 24.0 Å². The van der Waals surface area contributed by atoms with Gasteiger partial charge in [0.2, 0.25) is 5.91 Å². The highest BCUT2D eigenvalue weighted by atomic mass is 16.3. The van der Waals surface area contributed by atoms with Crippen molar-refractivity contribution < 1.29 is 9.90 Å². The summed E-state index contributed by atoms with van der Waals surface area (Å²) in [4.78, 5) is 12.3. The molecule has 4 nitrogen and oxygen atoms in total. The minimum absolute atomic E-state index is 0.00506. The maximum Gasteiger partial charge on any atom is 0.225 e. The Morgan fingerprint density at radius 1 is 1.20 bits per heavy atom. The number of hydrogen-bond acceptors (Lipinski definition) is 3. The summed E-state index contributed by atoms with van der Waals surface area (Å²) in [6, 6.07) is 7.68. The first kappa shape index (κ1) is 13.6. The highest BCUT2D eigenvalue weighted by Gasteiger charge is 2.48. The Labute approximate surface area is 119 Å². The van der Waals surface area contributed by atoms with Gasteiger partial charge in [0, 0.05) is 12.6 Å². The van der Waals surface area contributed by atoms with Gasteiger partial charge in [-0.2, -0.15) is 0 Å². The van der Waals surface area contributed by atoms with Crippen LogP contribution in [0.2, 0.25) is 0 Å². The summed E-state index contributed by atoms with van der Waals surface area (Å²) in [6.07, 6.45) is 3.48. The molecule has 3 rings (SSSR count). The lowest BCUT2D eigenvalue weighted by atomic mass is 9.84. The van der Waals surface area contributed by atoms with Crippen LogP contribution in [0.5, 0.6) is 0 Å². The predicted octanol–water partition coefficient (Wildman–Crippen LogP) is 1.17. The van der Waals surface area contributed by atoms with Crippen molar-refractivity contribution in [3.8, 4) is 0 Å². The van der Waals surface area contributed by atoms with Gasteiger partial charge in [0.1, 0.15) is 0 Å². The van der Waals surface area contributed by atoms with Gasteiger partial charge in [-0.25, -0.2) is 0 Å². The van der Waals surface area contributed by atoms with Gasteiger partial charge >= 0.3 is 0 Å². The van der Waals surface area contributed by atoms with Crippen molar-refractivity contribution in [2.24, 2.45) is 23.5 Å². The molecule has 2 saturated carbocycles. The molecule has 2 bridgehead atoms. The van der Waals surface area contributed by atoms with E-state index in [1.54, 1.807) is 0 Å². The van der Waals surface area contributed by atoms with Crippen LogP contribution in [0.1, 0.15) is 30.4 Å². The Hall–Kier alpha value is -1.39. The highest BCUT2D eigenvalue weighted by molar-refractivity contribution is 5.80. The summed E-state index contributed by atoms with van der Waals surface area (Å²) in [7, 11) is 0. The van der Waals surface area contributed by atoms with Crippen LogP contribution in [-0.4, -0.2) is 17.1 Å². The molecule has 20 heavy (non-hydrogen) atoms. The molecular weight excluding hydrogens is 252 g/mol. The fraction of sp³-hybridized carbons (Fsp3) is 0.562. The molecule has 0 aromatic heterocycles. The highest BCUT2D eigenvalue weighted by Crippen LogP contribution is 2.47. The van der Waals surface area contributed by atoms with Crippen molar-refractivity contribution in [3.63, 3.8) is 0 Å². The monoisotopic (exact) mass is 274 g/mol. The molecule has 1 aromatic carbocycles. The Morgan fingerprint density at radius 3 is 2.45 bits per heavy atom. The van der Waals surface area contributed by atoms with E-state index in [1.165, 1.54) is 6.42 Å². The number of amides is 1. The molecule has 1 amide bonds. The number of nitrogens with two attached hydrogens (primary N) is 1. The SMILES string of the molecule is NC1C2CCC(C2)C1C(=O)NCc1ccc(CO)cc1.